The smallest absolute Gasteiger partial charge is 0.250 e. The fourth-order valence-electron chi connectivity index (χ4n) is 0.898. The predicted molar refractivity (Wildman–Crippen MR) is 43.7 cm³/mol. The molecule has 0 radical (unpaired) electrons. The molecule has 0 aromatic carbocycles. The molecule has 0 aliphatic carbocycles. The van der Waals surface area contributed by atoms with Crippen molar-refractivity contribution in [2.75, 3.05) is 7.11 Å². The summed E-state index contributed by atoms with van der Waals surface area (Å²) in [6, 6.07) is 2.92. The van der Waals surface area contributed by atoms with Gasteiger partial charge in [0.1, 0.15) is 0 Å². The van der Waals surface area contributed by atoms with Gasteiger partial charge in [0, 0.05) is 32.0 Å². The minimum absolute atomic E-state index is 0.109. The van der Waals surface area contributed by atoms with Gasteiger partial charge in [-0.2, -0.15) is 0 Å². The van der Waals surface area contributed by atoms with Crippen LogP contribution in [-0.4, -0.2) is 16.8 Å². The van der Waals surface area contributed by atoms with Crippen molar-refractivity contribution in [2.24, 2.45) is 7.05 Å². The van der Waals surface area contributed by atoms with E-state index < -0.39 is 6.29 Å². The average molecular weight is 169 g/mol. The number of methoxy groups -OCH3 is 1. The van der Waals surface area contributed by atoms with Crippen LogP contribution in [0.1, 0.15) is 11.9 Å². The molecule has 1 aromatic rings. The Labute approximate surface area is 70.0 Å². The summed E-state index contributed by atoms with van der Waals surface area (Å²) in [6.45, 7) is 0. The van der Waals surface area contributed by atoms with Gasteiger partial charge in [-0.25, -0.2) is 0 Å². The summed E-state index contributed by atoms with van der Waals surface area (Å²) in [6.07, 6.45) is 0.577. The minimum atomic E-state index is -0.961. The van der Waals surface area contributed by atoms with Gasteiger partial charge >= 0.3 is 0 Å². The Morgan fingerprint density at radius 2 is 2.25 bits per heavy atom. The lowest BCUT2D eigenvalue weighted by Crippen LogP contribution is -2.16. The van der Waals surface area contributed by atoms with Crippen LogP contribution in [0.25, 0.3) is 0 Å². The Kier molecular flexibility index (Phi) is 2.62. The molecule has 0 saturated carbocycles. The molecule has 0 spiro atoms. The monoisotopic (exact) mass is 169 g/mol. The highest BCUT2D eigenvalue weighted by molar-refractivity contribution is 5.10. The number of aliphatic hydroxyl groups excluding tert-OH is 1. The molecule has 1 heterocycles. The highest BCUT2D eigenvalue weighted by atomic mass is 16.6. The molecule has 1 N–H and O–H groups in total. The number of hydrogen-bond donors (Lipinski definition) is 1. The molecule has 1 unspecified atom stereocenters. The Balaban J connectivity index is 3.04. The second-order valence-corrected chi connectivity index (χ2v) is 2.50. The Bertz CT molecular complexity index is 318. The molecule has 0 bridgehead atoms. The van der Waals surface area contributed by atoms with E-state index in [9.17, 15) is 9.90 Å². The van der Waals surface area contributed by atoms with Crippen LogP contribution in [0.4, 0.5) is 0 Å². The van der Waals surface area contributed by atoms with E-state index in [-0.39, 0.29) is 5.56 Å². The number of hydrogen-bond acceptors (Lipinski definition) is 3. The summed E-state index contributed by atoms with van der Waals surface area (Å²) in [5, 5.41) is 9.21. The summed E-state index contributed by atoms with van der Waals surface area (Å²) >= 11 is 0. The molecular formula is C8H11NO3. The van der Waals surface area contributed by atoms with Crippen LogP contribution in [-0.2, 0) is 11.8 Å². The number of aromatic nitrogens is 1. The molecule has 0 aliphatic rings. The van der Waals surface area contributed by atoms with Gasteiger partial charge in [0.15, 0.2) is 6.29 Å². The molecular weight excluding hydrogens is 158 g/mol. The number of aryl methyl sites for hydroxylation is 1. The van der Waals surface area contributed by atoms with Gasteiger partial charge in [-0.05, 0) is 6.07 Å². The van der Waals surface area contributed by atoms with E-state index in [1.807, 2.05) is 0 Å². The van der Waals surface area contributed by atoms with Gasteiger partial charge < -0.3 is 14.4 Å². The molecule has 1 rings (SSSR count). The first-order chi connectivity index (χ1) is 5.65. The Morgan fingerprint density at radius 1 is 1.58 bits per heavy atom. The lowest BCUT2D eigenvalue weighted by molar-refractivity contribution is -0.0773. The third kappa shape index (κ3) is 1.72. The van der Waals surface area contributed by atoms with E-state index in [4.69, 9.17) is 0 Å². The van der Waals surface area contributed by atoms with E-state index >= 15 is 0 Å². The van der Waals surface area contributed by atoms with Crippen molar-refractivity contribution in [3.05, 3.63) is 34.2 Å². The quantitative estimate of drug-likeness (QED) is 0.635. The van der Waals surface area contributed by atoms with Crippen LogP contribution in [0.5, 0.6) is 0 Å². The van der Waals surface area contributed by atoms with Crippen molar-refractivity contribution < 1.29 is 9.84 Å². The zero-order valence-electron chi connectivity index (χ0n) is 7.02. The van der Waals surface area contributed by atoms with Crippen LogP contribution in [0, 0.1) is 0 Å². The molecule has 4 heteroatoms. The number of aliphatic hydroxyl groups is 1. The zero-order chi connectivity index (χ0) is 9.14. The molecule has 0 saturated heterocycles. The first kappa shape index (κ1) is 8.96. The normalized spacial score (nSPS) is 12.9. The highest BCUT2D eigenvalue weighted by Crippen LogP contribution is 2.09. The second kappa shape index (κ2) is 3.51. The number of rotatable bonds is 2. The Morgan fingerprint density at radius 3 is 2.75 bits per heavy atom. The van der Waals surface area contributed by atoms with E-state index in [0.717, 1.165) is 0 Å². The average Bonchev–Trinajstić information content (AvgIpc) is 2.08. The van der Waals surface area contributed by atoms with Crippen molar-refractivity contribution in [1.82, 2.24) is 4.57 Å². The van der Waals surface area contributed by atoms with Gasteiger partial charge in [0.2, 0.25) is 5.56 Å². The molecule has 0 aliphatic heterocycles. The Hall–Kier alpha value is -1.13. The SMILES string of the molecule is COC(O)c1ccc(=O)n(C)c1. The van der Waals surface area contributed by atoms with Gasteiger partial charge in [0.25, 0.3) is 0 Å². The lowest BCUT2D eigenvalue weighted by Gasteiger charge is -2.08. The van der Waals surface area contributed by atoms with Crippen molar-refractivity contribution in [3.63, 3.8) is 0 Å². The molecule has 66 valence electrons. The van der Waals surface area contributed by atoms with Crippen LogP contribution < -0.4 is 5.56 Å². The fraction of sp³-hybridized carbons (Fsp3) is 0.375. The second-order valence-electron chi connectivity index (χ2n) is 2.50. The number of pyridine rings is 1. The lowest BCUT2D eigenvalue weighted by atomic mass is 10.3. The van der Waals surface area contributed by atoms with Crippen LogP contribution in [0.15, 0.2) is 23.1 Å². The third-order valence-electron chi connectivity index (χ3n) is 1.62. The maximum Gasteiger partial charge on any atom is 0.250 e. The van der Waals surface area contributed by atoms with Crippen molar-refractivity contribution >= 4 is 0 Å². The molecule has 12 heavy (non-hydrogen) atoms. The van der Waals surface area contributed by atoms with Crippen molar-refractivity contribution in [3.8, 4) is 0 Å². The maximum atomic E-state index is 10.9. The van der Waals surface area contributed by atoms with Gasteiger partial charge in [-0.15, -0.1) is 0 Å². The van der Waals surface area contributed by atoms with Crippen LogP contribution in [0.2, 0.25) is 0 Å². The van der Waals surface area contributed by atoms with E-state index in [1.54, 1.807) is 7.05 Å². The molecule has 1 aromatic heterocycles. The van der Waals surface area contributed by atoms with E-state index in [2.05, 4.69) is 4.74 Å². The van der Waals surface area contributed by atoms with Gasteiger partial charge in [0.05, 0.1) is 0 Å². The molecule has 4 nitrogen and oxygen atoms in total. The number of ether oxygens (including phenoxy) is 1. The van der Waals surface area contributed by atoms with Crippen molar-refractivity contribution in [1.29, 1.82) is 0 Å². The maximum absolute atomic E-state index is 10.9. The van der Waals surface area contributed by atoms with Crippen molar-refractivity contribution in [2.45, 2.75) is 6.29 Å². The molecule has 0 fully saturated rings. The standard InChI is InChI=1S/C8H11NO3/c1-9-5-6(8(11)12-2)3-4-7(9)10/h3-5,8,11H,1-2H3. The fourth-order valence-corrected chi connectivity index (χ4v) is 0.898. The van der Waals surface area contributed by atoms with Crippen LogP contribution >= 0.6 is 0 Å². The first-order valence-electron chi connectivity index (χ1n) is 3.52. The van der Waals surface area contributed by atoms with E-state index in [0.29, 0.717) is 5.56 Å². The molecule has 1 atom stereocenters. The highest BCUT2D eigenvalue weighted by Gasteiger charge is 2.05. The molecule has 0 amide bonds. The first-order valence-corrected chi connectivity index (χ1v) is 3.52. The van der Waals surface area contributed by atoms with Gasteiger partial charge in [-0.1, -0.05) is 0 Å². The topological polar surface area (TPSA) is 51.5 Å². The predicted octanol–water partition coefficient (Wildman–Crippen LogP) is 0.0226. The van der Waals surface area contributed by atoms with Crippen LogP contribution in [0.3, 0.4) is 0 Å². The minimum Gasteiger partial charge on any atom is -0.364 e. The zero-order valence-corrected chi connectivity index (χ0v) is 7.02. The van der Waals surface area contributed by atoms with E-state index in [1.165, 1.54) is 30.0 Å². The summed E-state index contributed by atoms with van der Waals surface area (Å²) in [5.74, 6) is 0. The summed E-state index contributed by atoms with van der Waals surface area (Å²) < 4.78 is 6.06. The summed E-state index contributed by atoms with van der Waals surface area (Å²) in [7, 11) is 3.02. The third-order valence-corrected chi connectivity index (χ3v) is 1.62. The number of nitrogens with zero attached hydrogens (tertiary/aromatic N) is 1. The summed E-state index contributed by atoms with van der Waals surface area (Å²) in [4.78, 5) is 10.9. The summed E-state index contributed by atoms with van der Waals surface area (Å²) in [5.41, 5.74) is 0.460. The largest absolute Gasteiger partial charge is 0.364 e. The van der Waals surface area contributed by atoms with Gasteiger partial charge in [-0.3, -0.25) is 4.79 Å².